The Morgan fingerprint density at radius 3 is 2.66 bits per heavy atom. The number of guanidine groups is 1. The van der Waals surface area contributed by atoms with Gasteiger partial charge in [0.15, 0.2) is 5.96 Å². The van der Waals surface area contributed by atoms with Crippen molar-refractivity contribution in [3.63, 3.8) is 0 Å². The molecule has 1 aliphatic rings. The van der Waals surface area contributed by atoms with Gasteiger partial charge in [-0.1, -0.05) is 23.7 Å². The van der Waals surface area contributed by atoms with Gasteiger partial charge >= 0.3 is 0 Å². The van der Waals surface area contributed by atoms with E-state index in [1.807, 2.05) is 32.0 Å². The van der Waals surface area contributed by atoms with Crippen LogP contribution in [-0.4, -0.2) is 55.7 Å². The highest BCUT2D eigenvalue weighted by atomic mass is 127. The fourth-order valence-electron chi connectivity index (χ4n) is 3.25. The highest BCUT2D eigenvalue weighted by molar-refractivity contribution is 14.0. The molecule has 1 fully saturated rings. The maximum atomic E-state index is 6.23. The van der Waals surface area contributed by atoms with Crippen LogP contribution in [0.1, 0.15) is 29.0 Å². The van der Waals surface area contributed by atoms with Crippen LogP contribution in [0.4, 0.5) is 0 Å². The number of aryl methyl sites for hydroxylation is 2. The summed E-state index contributed by atoms with van der Waals surface area (Å²) in [5, 5.41) is 7.42. The van der Waals surface area contributed by atoms with E-state index in [0.29, 0.717) is 24.9 Å². The normalized spacial score (nSPS) is 16.2. The van der Waals surface area contributed by atoms with Crippen LogP contribution in [0.3, 0.4) is 0 Å². The number of hydrogen-bond donors (Lipinski definition) is 2. The van der Waals surface area contributed by atoms with Crippen LogP contribution in [-0.2, 0) is 11.3 Å². The van der Waals surface area contributed by atoms with Gasteiger partial charge < -0.3 is 19.8 Å². The average Bonchev–Trinajstić information content (AvgIpc) is 3.03. The van der Waals surface area contributed by atoms with E-state index in [0.717, 1.165) is 42.8 Å². The molecule has 2 heterocycles. The van der Waals surface area contributed by atoms with Crippen LogP contribution in [0.2, 0.25) is 5.02 Å². The third-order valence-electron chi connectivity index (χ3n) is 4.89. The van der Waals surface area contributed by atoms with Gasteiger partial charge in [-0.15, -0.1) is 24.0 Å². The van der Waals surface area contributed by atoms with Gasteiger partial charge in [0, 0.05) is 31.7 Å². The Bertz CT molecular complexity index is 788. The Kier molecular flexibility index (Phi) is 9.67. The van der Waals surface area contributed by atoms with Gasteiger partial charge in [-0.3, -0.25) is 9.89 Å². The van der Waals surface area contributed by atoms with Gasteiger partial charge in [0.1, 0.15) is 5.76 Å². The number of benzene rings is 1. The Morgan fingerprint density at radius 1 is 1.28 bits per heavy atom. The Balaban J connectivity index is 0.00000300. The van der Waals surface area contributed by atoms with Crippen molar-refractivity contribution in [2.24, 2.45) is 4.99 Å². The largest absolute Gasteiger partial charge is 0.444 e. The van der Waals surface area contributed by atoms with Gasteiger partial charge in [0.25, 0.3) is 0 Å². The van der Waals surface area contributed by atoms with E-state index < -0.39 is 0 Å². The number of nitrogens with one attached hydrogen (secondary N) is 2. The molecule has 0 saturated carbocycles. The Morgan fingerprint density at radius 2 is 2.03 bits per heavy atom. The second-order valence-corrected chi connectivity index (χ2v) is 7.21. The lowest BCUT2D eigenvalue weighted by atomic mass is 10.0. The molecule has 0 amide bonds. The zero-order chi connectivity index (χ0) is 19.9. The first-order chi connectivity index (χ1) is 13.6. The summed E-state index contributed by atoms with van der Waals surface area (Å²) in [5.41, 5.74) is 2.09. The van der Waals surface area contributed by atoms with Crippen LogP contribution in [0.15, 0.2) is 33.7 Å². The van der Waals surface area contributed by atoms with Gasteiger partial charge in [0.2, 0.25) is 5.89 Å². The number of morpholine rings is 1. The smallest absolute Gasteiger partial charge is 0.214 e. The van der Waals surface area contributed by atoms with Crippen molar-refractivity contribution in [3.05, 3.63) is 52.2 Å². The topological polar surface area (TPSA) is 74.9 Å². The Labute approximate surface area is 194 Å². The van der Waals surface area contributed by atoms with E-state index in [2.05, 4.69) is 31.6 Å². The maximum Gasteiger partial charge on any atom is 0.214 e. The monoisotopic (exact) mass is 533 g/mol. The van der Waals surface area contributed by atoms with Gasteiger partial charge in [-0.25, -0.2) is 4.98 Å². The van der Waals surface area contributed by atoms with Crippen molar-refractivity contribution in [1.82, 2.24) is 20.5 Å². The second-order valence-electron chi connectivity index (χ2n) is 6.78. The summed E-state index contributed by atoms with van der Waals surface area (Å²) in [6, 6.07) is 8.20. The van der Waals surface area contributed by atoms with Gasteiger partial charge in [-0.05, 0) is 31.5 Å². The first-order valence-corrected chi connectivity index (χ1v) is 9.89. The average molecular weight is 534 g/mol. The molecule has 9 heteroatoms. The molecule has 0 bridgehead atoms. The van der Waals surface area contributed by atoms with Crippen LogP contribution >= 0.6 is 35.6 Å². The van der Waals surface area contributed by atoms with E-state index in [-0.39, 0.29) is 30.0 Å². The molecular weight excluding hydrogens is 505 g/mol. The highest BCUT2D eigenvalue weighted by Crippen LogP contribution is 2.24. The summed E-state index contributed by atoms with van der Waals surface area (Å²) in [6.45, 7) is 8.29. The molecule has 29 heavy (non-hydrogen) atoms. The molecule has 2 N–H and O–H groups in total. The highest BCUT2D eigenvalue weighted by Gasteiger charge is 2.23. The molecule has 160 valence electrons. The van der Waals surface area contributed by atoms with Crippen molar-refractivity contribution in [3.8, 4) is 0 Å². The summed E-state index contributed by atoms with van der Waals surface area (Å²) in [7, 11) is 1.75. The van der Waals surface area contributed by atoms with Gasteiger partial charge in [-0.2, -0.15) is 0 Å². The molecule has 0 spiro atoms. The number of aromatic nitrogens is 1. The SMILES string of the molecule is CN=C(NCc1nc(C)c(C)o1)NCC(c1cccc(Cl)c1)N1CCOCC1.I. The number of oxazole rings is 1. The summed E-state index contributed by atoms with van der Waals surface area (Å²) in [6.07, 6.45) is 0. The lowest BCUT2D eigenvalue weighted by molar-refractivity contribution is 0.0170. The molecule has 1 aliphatic heterocycles. The number of hydrogen-bond acceptors (Lipinski definition) is 5. The minimum absolute atomic E-state index is 0. The van der Waals surface area contributed by atoms with E-state index >= 15 is 0 Å². The van der Waals surface area contributed by atoms with Crippen LogP contribution < -0.4 is 10.6 Å². The zero-order valence-electron chi connectivity index (χ0n) is 17.1. The van der Waals surface area contributed by atoms with Crippen LogP contribution in [0.5, 0.6) is 0 Å². The Hall–Kier alpha value is -1.36. The molecule has 0 aliphatic carbocycles. The fourth-order valence-corrected chi connectivity index (χ4v) is 3.45. The van der Waals surface area contributed by atoms with Crippen molar-refractivity contribution < 1.29 is 9.15 Å². The molecule has 1 aromatic heterocycles. The molecular formula is C20H29ClIN5O2. The molecule has 1 unspecified atom stereocenters. The molecule has 2 aromatic rings. The van der Waals surface area contributed by atoms with Crippen LogP contribution in [0, 0.1) is 13.8 Å². The lowest BCUT2D eigenvalue weighted by Crippen LogP contribution is -2.46. The van der Waals surface area contributed by atoms with E-state index in [4.69, 9.17) is 20.8 Å². The molecule has 3 rings (SSSR count). The zero-order valence-corrected chi connectivity index (χ0v) is 20.2. The lowest BCUT2D eigenvalue weighted by Gasteiger charge is -2.35. The molecule has 0 radical (unpaired) electrons. The molecule has 1 saturated heterocycles. The maximum absolute atomic E-state index is 6.23. The summed E-state index contributed by atoms with van der Waals surface area (Å²) in [4.78, 5) is 11.1. The number of nitrogens with zero attached hydrogens (tertiary/aromatic N) is 3. The number of aliphatic imine (C=N–C) groups is 1. The van der Waals surface area contributed by atoms with Gasteiger partial charge in [0.05, 0.1) is 31.5 Å². The quantitative estimate of drug-likeness (QED) is 0.337. The standard InChI is InChI=1S/C20H28ClN5O2.HI/c1-14-15(2)28-19(25-14)13-24-20(22-3)23-12-18(26-7-9-27-10-8-26)16-5-4-6-17(21)11-16;/h4-6,11,18H,7-10,12-13H2,1-3H3,(H2,22,23,24);1H. The fraction of sp³-hybridized carbons (Fsp3) is 0.500. The van der Waals surface area contributed by atoms with E-state index in [1.54, 1.807) is 7.05 Å². The minimum Gasteiger partial charge on any atom is -0.444 e. The number of rotatable bonds is 6. The van der Waals surface area contributed by atoms with Crippen molar-refractivity contribution in [1.29, 1.82) is 0 Å². The van der Waals surface area contributed by atoms with E-state index in [1.165, 1.54) is 5.56 Å². The number of ether oxygens (including phenoxy) is 1. The summed E-state index contributed by atoms with van der Waals surface area (Å²) < 4.78 is 11.1. The predicted octanol–water partition coefficient (Wildman–Crippen LogP) is 3.30. The molecule has 1 atom stereocenters. The first-order valence-electron chi connectivity index (χ1n) is 9.51. The third-order valence-corrected chi connectivity index (χ3v) is 5.12. The van der Waals surface area contributed by atoms with Crippen molar-refractivity contribution in [2.45, 2.75) is 26.4 Å². The summed E-state index contributed by atoms with van der Waals surface area (Å²) in [5.74, 6) is 2.19. The van der Waals surface area contributed by atoms with Crippen molar-refractivity contribution in [2.75, 3.05) is 39.9 Å². The first kappa shape index (κ1) is 23.9. The molecule has 1 aromatic carbocycles. The van der Waals surface area contributed by atoms with Crippen molar-refractivity contribution >= 4 is 41.5 Å². The third kappa shape index (κ3) is 6.84. The number of halogens is 2. The summed E-state index contributed by atoms with van der Waals surface area (Å²) >= 11 is 6.23. The second kappa shape index (κ2) is 11.7. The minimum atomic E-state index is 0. The van der Waals surface area contributed by atoms with E-state index in [9.17, 15) is 0 Å². The van der Waals surface area contributed by atoms with Crippen LogP contribution in [0.25, 0.3) is 0 Å². The molecule has 7 nitrogen and oxygen atoms in total. The predicted molar refractivity (Wildman–Crippen MR) is 126 cm³/mol.